The van der Waals surface area contributed by atoms with E-state index in [4.69, 9.17) is 4.74 Å². The normalized spacial score (nSPS) is 11.9. The molecule has 208 valence electrons. The predicted molar refractivity (Wildman–Crippen MR) is 149 cm³/mol. The number of likely N-dealkylation sites (N-methyl/N-ethyl adjacent to an activating group) is 1. The van der Waals surface area contributed by atoms with E-state index < -0.39 is 34.3 Å². The average Bonchev–Trinajstić information content (AvgIpc) is 2.90. The van der Waals surface area contributed by atoms with E-state index in [1.54, 1.807) is 32.0 Å². The number of halogens is 1. The number of hydrogen-bond donors (Lipinski definition) is 1. The van der Waals surface area contributed by atoms with Gasteiger partial charge in [0.1, 0.15) is 24.2 Å². The highest BCUT2D eigenvalue weighted by Gasteiger charge is 2.33. The van der Waals surface area contributed by atoms with Crippen molar-refractivity contribution in [2.45, 2.75) is 32.9 Å². The van der Waals surface area contributed by atoms with Crippen LogP contribution in [0.3, 0.4) is 0 Å². The van der Waals surface area contributed by atoms with Gasteiger partial charge in [0.25, 0.3) is 0 Å². The summed E-state index contributed by atoms with van der Waals surface area (Å²) in [6, 6.07) is 18.9. The first kappa shape index (κ1) is 29.6. The molecule has 0 unspecified atom stereocenters. The molecule has 0 fully saturated rings. The number of nitrogens with one attached hydrogen (secondary N) is 1. The SMILES string of the molecule is CCNC(=O)[C@H](Cc1ccccc1)N(Cc1ccc(F)cc1)C(=O)CN(c1cc(C)ccc1OC)S(C)(=O)=O. The molecule has 10 heteroatoms. The lowest BCUT2D eigenvalue weighted by Crippen LogP contribution is -2.53. The number of aryl methyl sites for hydroxylation is 1. The van der Waals surface area contributed by atoms with Crippen LogP contribution in [0.15, 0.2) is 72.8 Å². The molecule has 0 bridgehead atoms. The van der Waals surface area contributed by atoms with Gasteiger partial charge in [-0.3, -0.25) is 13.9 Å². The van der Waals surface area contributed by atoms with Crippen molar-refractivity contribution in [1.29, 1.82) is 0 Å². The zero-order chi connectivity index (χ0) is 28.6. The van der Waals surface area contributed by atoms with Gasteiger partial charge in [0.2, 0.25) is 21.8 Å². The monoisotopic (exact) mass is 555 g/mol. The van der Waals surface area contributed by atoms with Gasteiger partial charge in [0, 0.05) is 19.5 Å². The fourth-order valence-corrected chi connectivity index (χ4v) is 5.07. The Balaban J connectivity index is 2.07. The van der Waals surface area contributed by atoms with Gasteiger partial charge in [-0.15, -0.1) is 0 Å². The van der Waals surface area contributed by atoms with Crippen LogP contribution in [0.5, 0.6) is 5.75 Å². The molecule has 0 spiro atoms. The van der Waals surface area contributed by atoms with Crippen molar-refractivity contribution in [3.05, 3.63) is 95.3 Å². The smallest absolute Gasteiger partial charge is 0.244 e. The average molecular weight is 556 g/mol. The summed E-state index contributed by atoms with van der Waals surface area (Å²) in [5.74, 6) is -1.12. The number of benzene rings is 3. The van der Waals surface area contributed by atoms with Gasteiger partial charge in [0.15, 0.2) is 0 Å². The van der Waals surface area contributed by atoms with E-state index in [1.165, 1.54) is 36.3 Å². The van der Waals surface area contributed by atoms with Crippen LogP contribution in [0, 0.1) is 12.7 Å². The van der Waals surface area contributed by atoms with Gasteiger partial charge in [-0.2, -0.15) is 0 Å². The number of rotatable bonds is 12. The molecule has 3 aromatic rings. The van der Waals surface area contributed by atoms with E-state index in [-0.39, 0.29) is 30.3 Å². The molecule has 8 nitrogen and oxygen atoms in total. The molecule has 0 aliphatic heterocycles. The Bertz CT molecular complexity index is 1380. The van der Waals surface area contributed by atoms with E-state index >= 15 is 0 Å². The number of carbonyl (C=O) groups excluding carboxylic acids is 2. The first-order valence-corrected chi connectivity index (χ1v) is 14.4. The second-order valence-electron chi connectivity index (χ2n) is 9.19. The van der Waals surface area contributed by atoms with Crippen molar-refractivity contribution < 1.29 is 27.1 Å². The summed E-state index contributed by atoms with van der Waals surface area (Å²) in [5.41, 5.74) is 2.41. The Morgan fingerprint density at radius 3 is 2.26 bits per heavy atom. The minimum absolute atomic E-state index is 0.0314. The number of hydrogen-bond acceptors (Lipinski definition) is 5. The molecule has 3 aromatic carbocycles. The van der Waals surface area contributed by atoms with E-state index in [0.717, 1.165) is 21.7 Å². The zero-order valence-corrected chi connectivity index (χ0v) is 23.4. The van der Waals surface area contributed by atoms with E-state index in [2.05, 4.69) is 5.32 Å². The molecule has 1 atom stereocenters. The lowest BCUT2D eigenvalue weighted by molar-refractivity contribution is -0.140. The highest BCUT2D eigenvalue weighted by atomic mass is 32.2. The van der Waals surface area contributed by atoms with Crippen molar-refractivity contribution in [3.8, 4) is 5.75 Å². The fourth-order valence-electron chi connectivity index (χ4n) is 4.22. The summed E-state index contributed by atoms with van der Waals surface area (Å²) >= 11 is 0. The molecule has 3 rings (SSSR count). The molecule has 39 heavy (non-hydrogen) atoms. The van der Waals surface area contributed by atoms with Crippen molar-refractivity contribution in [3.63, 3.8) is 0 Å². The second kappa shape index (κ2) is 13.2. The molecule has 1 N–H and O–H groups in total. The maximum absolute atomic E-state index is 14.0. The maximum atomic E-state index is 14.0. The van der Waals surface area contributed by atoms with Gasteiger partial charge in [-0.05, 0) is 54.8 Å². The summed E-state index contributed by atoms with van der Waals surface area (Å²) in [5, 5.41) is 2.79. The molecule has 0 radical (unpaired) electrons. The van der Waals surface area contributed by atoms with Crippen LogP contribution in [-0.4, -0.2) is 57.6 Å². The Labute approximate surface area is 229 Å². The Hall–Kier alpha value is -3.92. The van der Waals surface area contributed by atoms with Crippen LogP contribution < -0.4 is 14.4 Å². The van der Waals surface area contributed by atoms with Crippen molar-refractivity contribution in [2.75, 3.05) is 30.8 Å². The van der Waals surface area contributed by atoms with Crippen LogP contribution >= 0.6 is 0 Å². The number of ether oxygens (including phenoxy) is 1. The summed E-state index contributed by atoms with van der Waals surface area (Å²) < 4.78 is 45.9. The molecule has 0 saturated carbocycles. The molecule has 0 aromatic heterocycles. The van der Waals surface area contributed by atoms with Gasteiger partial charge < -0.3 is 15.0 Å². The summed E-state index contributed by atoms with van der Waals surface area (Å²) in [6.07, 6.45) is 1.21. The molecule has 0 saturated heterocycles. The van der Waals surface area contributed by atoms with Crippen LogP contribution in [0.2, 0.25) is 0 Å². The standard InChI is InChI=1S/C29H34FN3O5S/c1-5-31-29(35)26(18-22-9-7-6-8-10-22)32(19-23-12-14-24(30)15-13-23)28(34)20-33(39(4,36)37)25-17-21(2)11-16-27(25)38-3/h6-17,26H,5,18-20H2,1-4H3,(H,31,35)/t26-/m0/s1. The van der Waals surface area contributed by atoms with E-state index in [0.29, 0.717) is 12.1 Å². The largest absolute Gasteiger partial charge is 0.495 e. The third-order valence-corrected chi connectivity index (χ3v) is 7.30. The van der Waals surface area contributed by atoms with Gasteiger partial charge in [0.05, 0.1) is 19.1 Å². The number of amides is 2. The lowest BCUT2D eigenvalue weighted by Gasteiger charge is -2.33. The minimum atomic E-state index is -3.93. The van der Waals surface area contributed by atoms with Gasteiger partial charge in [-0.1, -0.05) is 48.5 Å². The predicted octanol–water partition coefficient (Wildman–Crippen LogP) is 3.68. The second-order valence-corrected chi connectivity index (χ2v) is 11.1. The van der Waals surface area contributed by atoms with Crippen LogP contribution in [0.4, 0.5) is 10.1 Å². The molecule has 0 heterocycles. The number of methoxy groups -OCH3 is 1. The molecule has 2 amide bonds. The lowest BCUT2D eigenvalue weighted by atomic mass is 10.0. The third kappa shape index (κ3) is 8.03. The summed E-state index contributed by atoms with van der Waals surface area (Å²) in [4.78, 5) is 28.7. The minimum Gasteiger partial charge on any atom is -0.495 e. The molecular weight excluding hydrogens is 521 g/mol. The third-order valence-electron chi connectivity index (χ3n) is 6.17. The van der Waals surface area contributed by atoms with Crippen molar-refractivity contribution >= 4 is 27.5 Å². The van der Waals surface area contributed by atoms with E-state index in [9.17, 15) is 22.4 Å². The highest BCUT2D eigenvalue weighted by Crippen LogP contribution is 2.31. The first-order chi connectivity index (χ1) is 18.5. The first-order valence-electron chi connectivity index (χ1n) is 12.5. The zero-order valence-electron chi connectivity index (χ0n) is 22.6. The Morgan fingerprint density at radius 1 is 1.00 bits per heavy atom. The van der Waals surface area contributed by atoms with Crippen LogP contribution in [0.25, 0.3) is 0 Å². The summed E-state index contributed by atoms with van der Waals surface area (Å²) in [7, 11) is -2.51. The molecular formula is C29H34FN3O5S. The van der Waals surface area contributed by atoms with Gasteiger partial charge in [-0.25, -0.2) is 12.8 Å². The maximum Gasteiger partial charge on any atom is 0.244 e. The molecule has 0 aliphatic carbocycles. The number of nitrogens with zero attached hydrogens (tertiary/aromatic N) is 2. The fraction of sp³-hybridized carbons (Fsp3) is 0.310. The number of sulfonamides is 1. The molecule has 0 aliphatic rings. The van der Waals surface area contributed by atoms with Crippen molar-refractivity contribution in [1.82, 2.24) is 10.2 Å². The quantitative estimate of drug-likeness (QED) is 0.368. The Kier molecular flexibility index (Phi) is 10.1. The number of carbonyl (C=O) groups is 2. The van der Waals surface area contributed by atoms with Crippen molar-refractivity contribution in [2.24, 2.45) is 0 Å². The summed E-state index contributed by atoms with van der Waals surface area (Å²) in [6.45, 7) is 3.33. The van der Waals surface area contributed by atoms with Crippen LogP contribution in [0.1, 0.15) is 23.6 Å². The highest BCUT2D eigenvalue weighted by molar-refractivity contribution is 7.92. The van der Waals surface area contributed by atoms with E-state index in [1.807, 2.05) is 30.3 Å². The van der Waals surface area contributed by atoms with Gasteiger partial charge >= 0.3 is 0 Å². The number of anilines is 1. The Morgan fingerprint density at radius 2 is 1.67 bits per heavy atom. The van der Waals surface area contributed by atoms with Crippen LogP contribution in [-0.2, 0) is 32.6 Å². The topological polar surface area (TPSA) is 96.0 Å².